The number of rotatable bonds is 5. The maximum Gasteiger partial charge on any atom is 0.107 e. The third-order valence-corrected chi connectivity index (χ3v) is 4.35. The van der Waals surface area contributed by atoms with Crippen molar-refractivity contribution in [3.8, 4) is 0 Å². The molecule has 0 fully saturated rings. The number of likely N-dealkylation sites (N-methyl/N-ethyl adjacent to an activating group) is 1. The number of hydrogen-bond donors (Lipinski definition) is 2. The Balaban J connectivity index is 2.14. The summed E-state index contributed by atoms with van der Waals surface area (Å²) in [6.45, 7) is 3.08. The van der Waals surface area contributed by atoms with E-state index in [0.717, 1.165) is 18.8 Å². The maximum atomic E-state index is 4.27. The SMILES string of the molecule is CCNC(Cc1ncc[nH]1)c1sccc1Br. The number of imidazole rings is 1. The number of hydrogen-bond acceptors (Lipinski definition) is 3. The maximum absolute atomic E-state index is 4.27. The first-order valence-corrected chi connectivity index (χ1v) is 6.93. The van der Waals surface area contributed by atoms with Crippen LogP contribution in [0.5, 0.6) is 0 Å². The number of H-pyrrole nitrogens is 1. The highest BCUT2D eigenvalue weighted by molar-refractivity contribution is 9.10. The molecule has 1 atom stereocenters. The molecule has 1 unspecified atom stereocenters. The van der Waals surface area contributed by atoms with Crippen LogP contribution < -0.4 is 5.32 Å². The molecule has 2 heterocycles. The van der Waals surface area contributed by atoms with Gasteiger partial charge in [0.1, 0.15) is 5.82 Å². The van der Waals surface area contributed by atoms with Gasteiger partial charge in [0.25, 0.3) is 0 Å². The van der Waals surface area contributed by atoms with Crippen molar-refractivity contribution in [2.24, 2.45) is 0 Å². The number of thiophene rings is 1. The summed E-state index contributed by atoms with van der Waals surface area (Å²) in [7, 11) is 0. The molecular weight excluding hydrogens is 286 g/mol. The molecule has 0 aliphatic heterocycles. The van der Waals surface area contributed by atoms with E-state index in [0.29, 0.717) is 6.04 Å². The van der Waals surface area contributed by atoms with Gasteiger partial charge in [-0.15, -0.1) is 11.3 Å². The minimum absolute atomic E-state index is 0.325. The molecule has 0 radical (unpaired) electrons. The zero-order valence-electron chi connectivity index (χ0n) is 9.03. The lowest BCUT2D eigenvalue weighted by atomic mass is 10.1. The minimum Gasteiger partial charge on any atom is -0.349 e. The average molecular weight is 300 g/mol. The van der Waals surface area contributed by atoms with Crippen molar-refractivity contribution < 1.29 is 0 Å². The molecule has 2 rings (SSSR count). The van der Waals surface area contributed by atoms with Gasteiger partial charge in [-0.3, -0.25) is 0 Å². The van der Waals surface area contributed by atoms with Gasteiger partial charge in [0.05, 0.1) is 0 Å². The highest BCUT2D eigenvalue weighted by Crippen LogP contribution is 2.30. The second-order valence-electron chi connectivity index (χ2n) is 3.48. The minimum atomic E-state index is 0.325. The molecule has 0 aliphatic carbocycles. The van der Waals surface area contributed by atoms with Crippen molar-refractivity contribution >= 4 is 27.3 Å². The molecule has 0 aromatic carbocycles. The summed E-state index contributed by atoms with van der Waals surface area (Å²) >= 11 is 5.35. The van der Waals surface area contributed by atoms with E-state index in [1.165, 1.54) is 9.35 Å². The fourth-order valence-corrected chi connectivity index (χ4v) is 3.39. The molecule has 0 bridgehead atoms. The van der Waals surface area contributed by atoms with Crippen molar-refractivity contribution in [2.45, 2.75) is 19.4 Å². The average Bonchev–Trinajstić information content (AvgIpc) is 2.88. The molecule has 86 valence electrons. The molecule has 2 aromatic rings. The Morgan fingerprint density at radius 3 is 3.06 bits per heavy atom. The van der Waals surface area contributed by atoms with E-state index in [2.05, 4.69) is 49.6 Å². The van der Waals surface area contributed by atoms with Crippen LogP contribution in [0.3, 0.4) is 0 Å². The van der Waals surface area contributed by atoms with Gasteiger partial charge < -0.3 is 10.3 Å². The van der Waals surface area contributed by atoms with Crippen molar-refractivity contribution in [1.29, 1.82) is 0 Å². The third kappa shape index (κ3) is 2.72. The largest absolute Gasteiger partial charge is 0.349 e. The first-order chi connectivity index (χ1) is 7.81. The molecule has 16 heavy (non-hydrogen) atoms. The van der Waals surface area contributed by atoms with Gasteiger partial charge in [0.15, 0.2) is 0 Å². The van der Waals surface area contributed by atoms with E-state index in [-0.39, 0.29) is 0 Å². The molecule has 0 saturated carbocycles. The van der Waals surface area contributed by atoms with Gasteiger partial charge in [-0.25, -0.2) is 4.98 Å². The summed E-state index contributed by atoms with van der Waals surface area (Å²) in [5.41, 5.74) is 0. The molecule has 0 saturated heterocycles. The van der Waals surface area contributed by atoms with Crippen LogP contribution in [0.4, 0.5) is 0 Å². The van der Waals surface area contributed by atoms with E-state index in [4.69, 9.17) is 0 Å². The van der Waals surface area contributed by atoms with Gasteiger partial charge in [-0.1, -0.05) is 6.92 Å². The lowest BCUT2D eigenvalue weighted by Crippen LogP contribution is -2.22. The quantitative estimate of drug-likeness (QED) is 0.890. The molecule has 2 N–H and O–H groups in total. The van der Waals surface area contributed by atoms with E-state index >= 15 is 0 Å². The van der Waals surface area contributed by atoms with E-state index in [1.807, 2.05) is 6.20 Å². The fourth-order valence-electron chi connectivity index (χ4n) is 1.66. The molecule has 2 aromatic heterocycles. The highest BCUT2D eigenvalue weighted by Gasteiger charge is 2.16. The lowest BCUT2D eigenvalue weighted by molar-refractivity contribution is 0.545. The first kappa shape index (κ1) is 11.8. The zero-order chi connectivity index (χ0) is 11.4. The molecule has 3 nitrogen and oxygen atoms in total. The Labute approximate surface area is 107 Å². The van der Waals surface area contributed by atoms with Crippen molar-refractivity contribution in [1.82, 2.24) is 15.3 Å². The highest BCUT2D eigenvalue weighted by atomic mass is 79.9. The summed E-state index contributed by atoms with van der Waals surface area (Å²) in [6, 6.07) is 2.41. The Morgan fingerprint density at radius 2 is 2.50 bits per heavy atom. The predicted molar refractivity (Wildman–Crippen MR) is 70.7 cm³/mol. The summed E-state index contributed by atoms with van der Waals surface area (Å²) < 4.78 is 1.18. The third-order valence-electron chi connectivity index (χ3n) is 2.36. The van der Waals surface area contributed by atoms with E-state index < -0.39 is 0 Å². The Bertz CT molecular complexity index is 424. The number of nitrogens with zero attached hydrogens (tertiary/aromatic N) is 1. The van der Waals surface area contributed by atoms with E-state index in [1.54, 1.807) is 17.5 Å². The normalized spacial score (nSPS) is 12.9. The van der Waals surface area contributed by atoms with Gasteiger partial charge in [-0.05, 0) is 33.9 Å². The van der Waals surface area contributed by atoms with Crippen molar-refractivity contribution in [2.75, 3.05) is 6.54 Å². The molecular formula is C11H14BrN3S. The molecule has 0 aliphatic rings. The van der Waals surface area contributed by atoms with Crippen LogP contribution in [0, 0.1) is 0 Å². The first-order valence-electron chi connectivity index (χ1n) is 5.25. The topological polar surface area (TPSA) is 40.7 Å². The molecule has 0 amide bonds. The molecule has 0 spiro atoms. The van der Waals surface area contributed by atoms with Gasteiger partial charge in [-0.2, -0.15) is 0 Å². The smallest absolute Gasteiger partial charge is 0.107 e. The van der Waals surface area contributed by atoms with Crippen LogP contribution in [0.15, 0.2) is 28.3 Å². The number of aromatic nitrogens is 2. The van der Waals surface area contributed by atoms with Gasteiger partial charge in [0.2, 0.25) is 0 Å². The van der Waals surface area contributed by atoms with Gasteiger partial charge in [0, 0.05) is 34.2 Å². The summed E-state index contributed by atoms with van der Waals surface area (Å²) in [5.74, 6) is 1.02. The second-order valence-corrected chi connectivity index (χ2v) is 5.29. The van der Waals surface area contributed by atoms with Crippen LogP contribution >= 0.6 is 27.3 Å². The predicted octanol–water partition coefficient (Wildman–Crippen LogP) is 3.13. The van der Waals surface area contributed by atoms with Crippen LogP contribution in [0.1, 0.15) is 23.7 Å². The Hall–Kier alpha value is -0.650. The summed E-state index contributed by atoms with van der Waals surface area (Å²) in [5, 5.41) is 5.59. The molecule has 5 heteroatoms. The van der Waals surface area contributed by atoms with E-state index in [9.17, 15) is 0 Å². The number of nitrogens with one attached hydrogen (secondary N) is 2. The van der Waals surface area contributed by atoms with Crippen LogP contribution in [-0.4, -0.2) is 16.5 Å². The monoisotopic (exact) mass is 299 g/mol. The zero-order valence-corrected chi connectivity index (χ0v) is 11.4. The number of aromatic amines is 1. The van der Waals surface area contributed by atoms with Crippen molar-refractivity contribution in [3.05, 3.63) is 39.0 Å². The standard InChI is InChI=1S/C11H14BrN3S/c1-2-13-9(7-10-14-4-5-15-10)11-8(12)3-6-16-11/h3-6,9,13H,2,7H2,1H3,(H,14,15). The van der Waals surface area contributed by atoms with Crippen LogP contribution in [0.2, 0.25) is 0 Å². The van der Waals surface area contributed by atoms with Crippen LogP contribution in [-0.2, 0) is 6.42 Å². The van der Waals surface area contributed by atoms with Gasteiger partial charge >= 0.3 is 0 Å². The Kier molecular flexibility index (Phi) is 4.15. The van der Waals surface area contributed by atoms with Crippen LogP contribution in [0.25, 0.3) is 0 Å². The number of halogens is 1. The van der Waals surface area contributed by atoms with Crippen molar-refractivity contribution in [3.63, 3.8) is 0 Å². The summed E-state index contributed by atoms with van der Waals surface area (Å²) in [4.78, 5) is 8.75. The summed E-state index contributed by atoms with van der Waals surface area (Å²) in [6.07, 6.45) is 4.55. The fraction of sp³-hybridized carbons (Fsp3) is 0.364. The lowest BCUT2D eigenvalue weighted by Gasteiger charge is -2.15. The second kappa shape index (κ2) is 5.61. The Morgan fingerprint density at radius 1 is 1.62 bits per heavy atom.